The number of hydrogen-bond acceptors (Lipinski definition) is 4. The van der Waals surface area contributed by atoms with Crippen LogP contribution in [0, 0.1) is 0 Å². The molecule has 284 valence electrons. The van der Waals surface area contributed by atoms with Gasteiger partial charge in [-0.1, -0.05) is 133 Å². The highest BCUT2D eigenvalue weighted by Crippen LogP contribution is 2.43. The Kier molecular flexibility index (Phi) is 7.24. The fourth-order valence-corrected chi connectivity index (χ4v) is 9.29. The maximum Gasteiger partial charge on any atom is 0.160 e. The Bertz CT molecular complexity index is 3860. The average Bonchev–Trinajstić information content (AvgIpc) is 4.00. The van der Waals surface area contributed by atoms with Crippen molar-refractivity contribution >= 4 is 76.6 Å². The van der Waals surface area contributed by atoms with Gasteiger partial charge in [-0.15, -0.1) is 0 Å². The molecular weight excluding hydrogens is 747 g/mol. The molecule has 0 unspecified atom stereocenters. The van der Waals surface area contributed by atoms with Gasteiger partial charge in [0.15, 0.2) is 5.82 Å². The number of fused-ring (bicyclic) bond motifs is 11. The van der Waals surface area contributed by atoms with Gasteiger partial charge >= 0.3 is 0 Å². The van der Waals surface area contributed by atoms with Gasteiger partial charge in [-0.2, -0.15) is 0 Å². The molecule has 5 nitrogen and oxygen atoms in total. The third-order valence-electron chi connectivity index (χ3n) is 12.2. The lowest BCUT2D eigenvalue weighted by Gasteiger charge is -2.11. The van der Waals surface area contributed by atoms with E-state index in [1.807, 2.05) is 48.5 Å². The fraction of sp³-hybridized carbons (Fsp3) is 0. The van der Waals surface area contributed by atoms with Crippen LogP contribution in [0.5, 0.6) is 0 Å². The van der Waals surface area contributed by atoms with Gasteiger partial charge < -0.3 is 13.4 Å². The molecule has 13 rings (SSSR count). The van der Waals surface area contributed by atoms with Gasteiger partial charge in [0, 0.05) is 49.1 Å². The van der Waals surface area contributed by atoms with Crippen molar-refractivity contribution in [2.24, 2.45) is 0 Å². The number of para-hydroxylation sites is 3. The number of nitrogens with zero attached hydrogens (tertiary/aromatic N) is 3. The van der Waals surface area contributed by atoms with E-state index in [0.29, 0.717) is 5.82 Å². The molecule has 0 bridgehead atoms. The van der Waals surface area contributed by atoms with Gasteiger partial charge in [0.2, 0.25) is 0 Å². The largest absolute Gasteiger partial charge is 0.456 e. The van der Waals surface area contributed by atoms with Crippen LogP contribution in [0.25, 0.3) is 127 Å². The van der Waals surface area contributed by atoms with Gasteiger partial charge in [-0.05, 0) is 89.0 Å². The molecule has 61 heavy (non-hydrogen) atoms. The van der Waals surface area contributed by atoms with Crippen LogP contribution in [0.2, 0.25) is 0 Å². The molecule has 0 N–H and O–H groups in total. The Morgan fingerprint density at radius 2 is 0.918 bits per heavy atom. The minimum absolute atomic E-state index is 0.711. The lowest BCUT2D eigenvalue weighted by atomic mass is 10.00. The van der Waals surface area contributed by atoms with Gasteiger partial charge in [0.05, 0.1) is 27.6 Å². The summed E-state index contributed by atoms with van der Waals surface area (Å²) in [4.78, 5) is 10.1. The first kappa shape index (κ1) is 33.7. The first-order valence-electron chi connectivity index (χ1n) is 20.6. The predicted molar refractivity (Wildman–Crippen MR) is 250 cm³/mol. The van der Waals surface area contributed by atoms with Crippen molar-refractivity contribution in [3.63, 3.8) is 0 Å². The van der Waals surface area contributed by atoms with E-state index < -0.39 is 0 Å². The molecule has 0 atom stereocenters. The monoisotopic (exact) mass is 779 g/mol. The molecule has 0 aliphatic rings. The van der Waals surface area contributed by atoms with Crippen molar-refractivity contribution in [3.05, 3.63) is 200 Å². The van der Waals surface area contributed by atoms with Crippen LogP contribution in [-0.4, -0.2) is 14.5 Å². The van der Waals surface area contributed by atoms with Gasteiger partial charge in [-0.25, -0.2) is 9.97 Å². The Labute approximate surface area is 349 Å². The summed E-state index contributed by atoms with van der Waals surface area (Å²) in [7, 11) is 0. The summed E-state index contributed by atoms with van der Waals surface area (Å²) in [5.74, 6) is 0.711. The van der Waals surface area contributed by atoms with E-state index in [0.717, 1.165) is 121 Å². The van der Waals surface area contributed by atoms with Crippen LogP contribution in [-0.2, 0) is 0 Å². The molecule has 4 heterocycles. The molecule has 0 aliphatic carbocycles. The van der Waals surface area contributed by atoms with Crippen LogP contribution >= 0.6 is 0 Å². The molecule has 13 aromatic rings. The van der Waals surface area contributed by atoms with E-state index >= 15 is 0 Å². The van der Waals surface area contributed by atoms with Crippen molar-refractivity contribution in [1.82, 2.24) is 14.5 Å². The second kappa shape index (κ2) is 13.1. The number of benzene rings is 9. The number of furan rings is 2. The van der Waals surface area contributed by atoms with Crippen LogP contribution in [0.4, 0.5) is 0 Å². The van der Waals surface area contributed by atoms with E-state index in [1.54, 1.807) is 0 Å². The topological polar surface area (TPSA) is 57.0 Å². The van der Waals surface area contributed by atoms with E-state index in [9.17, 15) is 0 Å². The second-order valence-corrected chi connectivity index (χ2v) is 15.7. The molecule has 0 spiro atoms. The third kappa shape index (κ3) is 5.27. The van der Waals surface area contributed by atoms with Crippen molar-refractivity contribution in [1.29, 1.82) is 0 Å². The van der Waals surface area contributed by atoms with E-state index in [-0.39, 0.29) is 0 Å². The normalized spacial score (nSPS) is 11.9. The fourth-order valence-electron chi connectivity index (χ4n) is 9.29. The minimum atomic E-state index is 0.711. The smallest absolute Gasteiger partial charge is 0.160 e. The SMILES string of the molecule is c1ccc(-c2nc(-c3ccc(-c4ccc(-n5c6ccc(-c7ccc8oc9ccccc9c8c7)cc6c6c7oc8ccccc8c7ccc65)cc4)cc3)nc3ccccc23)cc1. The van der Waals surface area contributed by atoms with Crippen LogP contribution < -0.4 is 0 Å². The quantitative estimate of drug-likeness (QED) is 0.175. The van der Waals surface area contributed by atoms with Crippen molar-refractivity contribution < 1.29 is 8.83 Å². The van der Waals surface area contributed by atoms with Crippen LogP contribution in [0.1, 0.15) is 0 Å². The maximum absolute atomic E-state index is 6.70. The summed E-state index contributed by atoms with van der Waals surface area (Å²) < 4.78 is 15.2. The summed E-state index contributed by atoms with van der Waals surface area (Å²) in [6.07, 6.45) is 0. The third-order valence-corrected chi connectivity index (χ3v) is 12.2. The van der Waals surface area contributed by atoms with Crippen LogP contribution in [0.3, 0.4) is 0 Å². The second-order valence-electron chi connectivity index (χ2n) is 15.7. The zero-order valence-electron chi connectivity index (χ0n) is 32.7. The van der Waals surface area contributed by atoms with Gasteiger partial charge in [0.1, 0.15) is 22.3 Å². The highest BCUT2D eigenvalue weighted by molar-refractivity contribution is 6.24. The molecule has 5 heteroatoms. The maximum atomic E-state index is 6.70. The van der Waals surface area contributed by atoms with Crippen molar-refractivity contribution in [2.45, 2.75) is 0 Å². The highest BCUT2D eigenvalue weighted by atomic mass is 16.3. The zero-order valence-corrected chi connectivity index (χ0v) is 32.7. The number of hydrogen-bond donors (Lipinski definition) is 0. The van der Waals surface area contributed by atoms with E-state index in [4.69, 9.17) is 18.8 Å². The minimum Gasteiger partial charge on any atom is -0.456 e. The predicted octanol–water partition coefficient (Wildman–Crippen LogP) is 15.2. The first-order valence-corrected chi connectivity index (χ1v) is 20.6. The molecule has 0 saturated carbocycles. The van der Waals surface area contributed by atoms with Gasteiger partial charge in [-0.3, -0.25) is 0 Å². The first-order chi connectivity index (χ1) is 30.2. The summed E-state index contributed by atoms with van der Waals surface area (Å²) in [6.45, 7) is 0. The number of rotatable bonds is 5. The van der Waals surface area contributed by atoms with E-state index in [2.05, 4.69) is 156 Å². The molecule has 0 radical (unpaired) electrons. The average molecular weight is 780 g/mol. The molecule has 0 aliphatic heterocycles. The Morgan fingerprint density at radius 3 is 1.70 bits per heavy atom. The van der Waals surface area contributed by atoms with Crippen molar-refractivity contribution in [3.8, 4) is 50.6 Å². The Balaban J connectivity index is 0.914. The molecule has 0 fully saturated rings. The zero-order chi connectivity index (χ0) is 40.0. The summed E-state index contributed by atoms with van der Waals surface area (Å²) in [5, 5.41) is 7.75. The highest BCUT2D eigenvalue weighted by Gasteiger charge is 2.20. The Morgan fingerprint density at radius 1 is 0.344 bits per heavy atom. The lowest BCUT2D eigenvalue weighted by Crippen LogP contribution is -1.95. The van der Waals surface area contributed by atoms with Crippen molar-refractivity contribution in [2.75, 3.05) is 0 Å². The van der Waals surface area contributed by atoms with Gasteiger partial charge in [0.25, 0.3) is 0 Å². The van der Waals surface area contributed by atoms with E-state index in [1.165, 1.54) is 0 Å². The van der Waals surface area contributed by atoms with Crippen LogP contribution in [0.15, 0.2) is 209 Å². The molecule has 4 aromatic heterocycles. The molecule has 0 saturated heterocycles. The summed E-state index contributed by atoms with van der Waals surface area (Å²) in [6, 6.07) is 70.3. The standard InChI is InChI=1S/C56H33N3O2/c1-2-10-36(11-3-1)54-44-14-4-7-15-47(44)57-56(58-54)37-20-18-34(19-21-37)35-22-26-40(27-23-35)59-48-29-24-38(39-25-31-52-45(32-39)42-13-6-8-16-50(42)60-52)33-46(48)53-49(59)30-28-43-41-12-5-9-17-51(41)61-55(43)53/h1-33H. The number of aromatic nitrogens is 3. The molecule has 0 amide bonds. The lowest BCUT2D eigenvalue weighted by molar-refractivity contribution is 0.669. The molecule has 9 aromatic carbocycles. The summed E-state index contributed by atoms with van der Waals surface area (Å²) >= 11 is 0. The molecular formula is C56H33N3O2. The Hall–Kier alpha value is -8.28. The summed E-state index contributed by atoms with van der Waals surface area (Å²) in [5.41, 5.74) is 15.3.